The predicted molar refractivity (Wildman–Crippen MR) is 93.7 cm³/mol. The first-order valence-electron chi connectivity index (χ1n) is 7.27. The van der Waals surface area contributed by atoms with Crippen LogP contribution in [0.4, 0.5) is 41.9 Å². The largest absolute Gasteiger partial charge is 0.416 e. The van der Waals surface area contributed by atoms with Crippen LogP contribution in [0.15, 0.2) is 48.9 Å². The number of anilines is 5. The molecule has 26 heavy (non-hydrogen) atoms. The molecule has 0 unspecified atom stereocenters. The number of nitrogen functional groups attached to an aromatic ring is 1. The Morgan fingerprint density at radius 2 is 1.58 bits per heavy atom. The summed E-state index contributed by atoms with van der Waals surface area (Å²) in [5.74, 6) is 0.520. The van der Waals surface area contributed by atoms with Crippen LogP contribution in [0.25, 0.3) is 0 Å². The van der Waals surface area contributed by atoms with Gasteiger partial charge in [-0.2, -0.15) is 13.2 Å². The van der Waals surface area contributed by atoms with Crippen molar-refractivity contribution in [3.63, 3.8) is 0 Å². The van der Waals surface area contributed by atoms with Crippen molar-refractivity contribution in [2.24, 2.45) is 0 Å². The molecule has 0 saturated heterocycles. The average Bonchev–Trinajstić information content (AvgIpc) is 2.60. The molecule has 0 saturated carbocycles. The van der Waals surface area contributed by atoms with E-state index in [2.05, 4.69) is 25.6 Å². The van der Waals surface area contributed by atoms with Crippen LogP contribution >= 0.6 is 11.6 Å². The minimum absolute atomic E-state index is 0.173. The van der Waals surface area contributed by atoms with Crippen LogP contribution in [0.3, 0.4) is 0 Å². The Hall–Kier alpha value is -3.07. The summed E-state index contributed by atoms with van der Waals surface area (Å²) in [6.45, 7) is 0. The third-order valence-corrected chi connectivity index (χ3v) is 3.67. The number of aromatic nitrogens is 3. The average molecular weight is 381 g/mol. The monoisotopic (exact) mass is 380 g/mol. The summed E-state index contributed by atoms with van der Waals surface area (Å²) in [5, 5.41) is 6.03. The maximum atomic E-state index is 12.6. The van der Waals surface area contributed by atoms with Crippen LogP contribution in [-0.4, -0.2) is 15.0 Å². The number of alkyl halides is 3. The van der Waals surface area contributed by atoms with Gasteiger partial charge in [-0.1, -0.05) is 11.6 Å². The Kier molecular flexibility index (Phi) is 4.81. The Morgan fingerprint density at radius 3 is 2.19 bits per heavy atom. The van der Waals surface area contributed by atoms with Crippen molar-refractivity contribution in [1.29, 1.82) is 0 Å². The second kappa shape index (κ2) is 7.04. The third-order valence-electron chi connectivity index (χ3n) is 3.37. The van der Waals surface area contributed by atoms with Gasteiger partial charge in [0.15, 0.2) is 16.8 Å². The van der Waals surface area contributed by atoms with E-state index < -0.39 is 11.7 Å². The van der Waals surface area contributed by atoms with Gasteiger partial charge >= 0.3 is 6.18 Å². The van der Waals surface area contributed by atoms with Crippen LogP contribution in [0.1, 0.15) is 5.56 Å². The second-order valence-electron chi connectivity index (χ2n) is 5.15. The smallest absolute Gasteiger partial charge is 0.393 e. The van der Waals surface area contributed by atoms with Gasteiger partial charge in [0.25, 0.3) is 0 Å². The minimum atomic E-state index is -4.40. The van der Waals surface area contributed by atoms with Gasteiger partial charge < -0.3 is 16.4 Å². The van der Waals surface area contributed by atoms with E-state index in [-0.39, 0.29) is 22.5 Å². The molecule has 0 atom stereocenters. The summed E-state index contributed by atoms with van der Waals surface area (Å²) in [5.41, 5.74) is 6.36. The molecule has 3 aromatic rings. The Bertz CT molecular complexity index is 915. The van der Waals surface area contributed by atoms with Gasteiger partial charge in [0, 0.05) is 11.9 Å². The molecule has 0 aliphatic rings. The lowest BCUT2D eigenvalue weighted by molar-refractivity contribution is -0.137. The van der Waals surface area contributed by atoms with Crippen LogP contribution in [0, 0.1) is 0 Å². The molecule has 134 valence electrons. The van der Waals surface area contributed by atoms with E-state index in [1.807, 2.05) is 0 Å². The fourth-order valence-electron chi connectivity index (χ4n) is 2.08. The SMILES string of the molecule is Nc1c(Nc2ccc(C(F)(F)F)cc2)ncnc1Nc1cccnc1Cl. The first-order valence-corrected chi connectivity index (χ1v) is 7.64. The van der Waals surface area contributed by atoms with E-state index in [1.165, 1.54) is 24.7 Å². The van der Waals surface area contributed by atoms with Gasteiger partial charge in [0.05, 0.1) is 11.3 Å². The summed E-state index contributed by atoms with van der Waals surface area (Å²) in [4.78, 5) is 12.0. The van der Waals surface area contributed by atoms with Gasteiger partial charge in [-0.05, 0) is 36.4 Å². The number of nitrogens with one attached hydrogen (secondary N) is 2. The van der Waals surface area contributed by atoms with Crippen molar-refractivity contribution >= 4 is 40.3 Å². The fraction of sp³-hybridized carbons (Fsp3) is 0.0625. The van der Waals surface area contributed by atoms with Crippen molar-refractivity contribution in [2.75, 3.05) is 16.4 Å². The maximum Gasteiger partial charge on any atom is 0.416 e. The van der Waals surface area contributed by atoms with E-state index in [9.17, 15) is 13.2 Å². The lowest BCUT2D eigenvalue weighted by Gasteiger charge is -2.13. The lowest BCUT2D eigenvalue weighted by Crippen LogP contribution is -2.06. The Balaban J connectivity index is 1.82. The van der Waals surface area contributed by atoms with Gasteiger partial charge in [0.1, 0.15) is 12.0 Å². The molecule has 0 spiro atoms. The molecule has 0 bridgehead atoms. The number of hydrogen-bond donors (Lipinski definition) is 3. The van der Waals surface area contributed by atoms with Crippen LogP contribution < -0.4 is 16.4 Å². The highest BCUT2D eigenvalue weighted by Crippen LogP contribution is 2.32. The third kappa shape index (κ3) is 3.94. The number of nitrogens with two attached hydrogens (primary N) is 1. The molecule has 0 aliphatic heterocycles. The molecule has 3 rings (SSSR count). The van der Waals surface area contributed by atoms with E-state index in [4.69, 9.17) is 17.3 Å². The van der Waals surface area contributed by atoms with Crippen molar-refractivity contribution in [3.05, 3.63) is 59.6 Å². The molecule has 4 N–H and O–H groups in total. The van der Waals surface area contributed by atoms with Crippen molar-refractivity contribution in [1.82, 2.24) is 15.0 Å². The number of halogens is 4. The van der Waals surface area contributed by atoms with Crippen molar-refractivity contribution in [2.45, 2.75) is 6.18 Å². The van der Waals surface area contributed by atoms with Crippen LogP contribution in [-0.2, 0) is 6.18 Å². The van der Waals surface area contributed by atoms with E-state index in [0.29, 0.717) is 11.4 Å². The highest BCUT2D eigenvalue weighted by atomic mass is 35.5. The zero-order valence-corrected chi connectivity index (χ0v) is 13.8. The number of benzene rings is 1. The zero-order valence-electron chi connectivity index (χ0n) is 13.0. The normalized spacial score (nSPS) is 11.2. The second-order valence-corrected chi connectivity index (χ2v) is 5.51. The van der Waals surface area contributed by atoms with Gasteiger partial charge in [-0.25, -0.2) is 15.0 Å². The molecule has 0 aliphatic carbocycles. The maximum absolute atomic E-state index is 12.6. The summed E-state index contributed by atoms with van der Waals surface area (Å²) < 4.78 is 37.9. The Morgan fingerprint density at radius 1 is 0.923 bits per heavy atom. The fourth-order valence-corrected chi connectivity index (χ4v) is 2.25. The molecule has 1 aromatic carbocycles. The molecule has 0 amide bonds. The molecular weight excluding hydrogens is 369 g/mol. The highest BCUT2D eigenvalue weighted by Gasteiger charge is 2.29. The van der Waals surface area contributed by atoms with Gasteiger partial charge in [-0.15, -0.1) is 0 Å². The first kappa shape index (κ1) is 17.7. The van der Waals surface area contributed by atoms with Gasteiger partial charge in [-0.3, -0.25) is 0 Å². The number of rotatable bonds is 4. The number of nitrogens with zero attached hydrogens (tertiary/aromatic N) is 3. The minimum Gasteiger partial charge on any atom is -0.393 e. The molecule has 2 heterocycles. The van der Waals surface area contributed by atoms with Crippen LogP contribution in [0.2, 0.25) is 5.15 Å². The predicted octanol–water partition coefficient (Wildman–Crippen LogP) is 4.61. The first-order chi connectivity index (χ1) is 12.3. The van der Waals surface area contributed by atoms with Gasteiger partial charge in [0.2, 0.25) is 0 Å². The molecule has 2 aromatic heterocycles. The topological polar surface area (TPSA) is 88.8 Å². The molecule has 6 nitrogen and oxygen atoms in total. The summed E-state index contributed by atoms with van der Waals surface area (Å²) in [6.07, 6.45) is -1.60. The standard InChI is InChI=1S/C16H12ClF3N6/c17-13-11(2-1-7-22-13)26-15-12(21)14(23-8-24-15)25-10-5-3-9(4-6-10)16(18,19)20/h1-8H,21H2,(H2,23,24,25,26). The molecule has 0 radical (unpaired) electrons. The van der Waals surface area contributed by atoms with Crippen LogP contribution in [0.5, 0.6) is 0 Å². The Labute approximate surface area is 151 Å². The number of pyridine rings is 1. The molecular formula is C16H12ClF3N6. The number of hydrogen-bond acceptors (Lipinski definition) is 6. The quantitative estimate of drug-likeness (QED) is 0.573. The summed E-state index contributed by atoms with van der Waals surface area (Å²) in [7, 11) is 0. The molecule has 10 heteroatoms. The lowest BCUT2D eigenvalue weighted by atomic mass is 10.2. The molecule has 0 fully saturated rings. The van der Waals surface area contributed by atoms with E-state index in [1.54, 1.807) is 12.1 Å². The zero-order chi connectivity index (χ0) is 18.7. The highest BCUT2D eigenvalue weighted by molar-refractivity contribution is 6.32. The summed E-state index contributed by atoms with van der Waals surface area (Å²) >= 11 is 5.98. The summed E-state index contributed by atoms with van der Waals surface area (Å²) in [6, 6.07) is 7.89. The van der Waals surface area contributed by atoms with E-state index in [0.717, 1.165) is 12.1 Å². The van der Waals surface area contributed by atoms with Crippen molar-refractivity contribution < 1.29 is 13.2 Å². The van der Waals surface area contributed by atoms with Crippen molar-refractivity contribution in [3.8, 4) is 0 Å². The van der Waals surface area contributed by atoms with E-state index >= 15 is 0 Å².